The monoisotopic (exact) mass is 295 g/mol. The number of nitro benzene ring substituents is 1. The van der Waals surface area contributed by atoms with Gasteiger partial charge in [0.1, 0.15) is 6.54 Å². The van der Waals surface area contributed by atoms with Gasteiger partial charge >= 0.3 is 5.97 Å². The Labute approximate surface area is 119 Å². The summed E-state index contributed by atoms with van der Waals surface area (Å²) in [5, 5.41) is 12.8. The lowest BCUT2D eigenvalue weighted by Gasteiger charge is -2.10. The third-order valence-corrected chi connectivity index (χ3v) is 2.42. The zero-order valence-corrected chi connectivity index (χ0v) is 11.1. The van der Waals surface area contributed by atoms with E-state index in [1.165, 1.54) is 25.1 Å². The molecule has 112 valence electrons. The fourth-order valence-corrected chi connectivity index (χ4v) is 1.31. The van der Waals surface area contributed by atoms with Crippen molar-refractivity contribution in [2.75, 3.05) is 6.54 Å². The van der Waals surface area contributed by atoms with Crippen molar-refractivity contribution in [2.24, 2.45) is 5.73 Å². The van der Waals surface area contributed by atoms with E-state index in [-0.39, 0.29) is 11.3 Å². The molecule has 1 rings (SSSR count). The largest absolute Gasteiger partial charge is 0.451 e. The SMILES string of the molecule is C[C@H](OC(=O)CNC(=O)c1cccc([N+](=O)[O-])c1)C(N)=O. The van der Waals surface area contributed by atoms with E-state index < -0.39 is 35.4 Å². The van der Waals surface area contributed by atoms with Crippen LogP contribution >= 0.6 is 0 Å². The van der Waals surface area contributed by atoms with Crippen molar-refractivity contribution in [2.45, 2.75) is 13.0 Å². The summed E-state index contributed by atoms with van der Waals surface area (Å²) in [6, 6.07) is 5.02. The standard InChI is InChI=1S/C12H13N3O6/c1-7(11(13)17)21-10(16)6-14-12(18)8-3-2-4-9(5-8)15(19)20/h2-5,7H,6H2,1H3,(H2,13,17)(H,14,18)/t7-/m0/s1. The Kier molecular flexibility index (Phi) is 5.35. The number of carbonyl (C=O) groups is 3. The molecule has 3 N–H and O–H groups in total. The van der Waals surface area contributed by atoms with Crippen molar-refractivity contribution >= 4 is 23.5 Å². The number of benzene rings is 1. The van der Waals surface area contributed by atoms with E-state index in [1.807, 2.05) is 0 Å². The summed E-state index contributed by atoms with van der Waals surface area (Å²) in [7, 11) is 0. The van der Waals surface area contributed by atoms with Crippen LogP contribution in [0.25, 0.3) is 0 Å². The predicted octanol–water partition coefficient (Wildman–Crippen LogP) is -0.258. The third-order valence-electron chi connectivity index (χ3n) is 2.42. The van der Waals surface area contributed by atoms with Crippen molar-refractivity contribution < 1.29 is 24.0 Å². The number of rotatable bonds is 6. The van der Waals surface area contributed by atoms with Crippen molar-refractivity contribution in [1.82, 2.24) is 5.32 Å². The maximum absolute atomic E-state index is 11.7. The molecule has 1 aromatic carbocycles. The van der Waals surface area contributed by atoms with E-state index >= 15 is 0 Å². The molecule has 2 amide bonds. The van der Waals surface area contributed by atoms with Crippen LogP contribution in [0.5, 0.6) is 0 Å². The molecule has 0 saturated heterocycles. The summed E-state index contributed by atoms with van der Waals surface area (Å²) >= 11 is 0. The maximum atomic E-state index is 11.7. The minimum Gasteiger partial charge on any atom is -0.451 e. The molecule has 9 nitrogen and oxygen atoms in total. The van der Waals surface area contributed by atoms with Gasteiger partial charge in [0.15, 0.2) is 6.10 Å². The molecule has 0 heterocycles. The van der Waals surface area contributed by atoms with Gasteiger partial charge in [0.05, 0.1) is 4.92 Å². The van der Waals surface area contributed by atoms with Crippen LogP contribution in [-0.2, 0) is 14.3 Å². The van der Waals surface area contributed by atoms with Gasteiger partial charge in [0.2, 0.25) is 0 Å². The second-order valence-electron chi connectivity index (χ2n) is 4.02. The molecule has 0 saturated carbocycles. The van der Waals surface area contributed by atoms with Gasteiger partial charge in [-0.05, 0) is 13.0 Å². The van der Waals surface area contributed by atoms with Crippen LogP contribution in [0, 0.1) is 10.1 Å². The number of nitro groups is 1. The van der Waals surface area contributed by atoms with Crippen molar-refractivity contribution in [3.63, 3.8) is 0 Å². The number of hydrogen-bond donors (Lipinski definition) is 2. The Hall–Kier alpha value is -2.97. The fourth-order valence-electron chi connectivity index (χ4n) is 1.31. The summed E-state index contributed by atoms with van der Waals surface area (Å²) in [5.74, 6) is -2.34. The minimum atomic E-state index is -1.10. The summed E-state index contributed by atoms with van der Waals surface area (Å²) in [4.78, 5) is 43.7. The number of hydrogen-bond acceptors (Lipinski definition) is 6. The van der Waals surface area contributed by atoms with E-state index in [4.69, 9.17) is 5.73 Å². The van der Waals surface area contributed by atoms with Crippen LogP contribution in [-0.4, -0.2) is 35.4 Å². The number of esters is 1. The molecule has 0 unspecified atom stereocenters. The Balaban J connectivity index is 2.58. The molecule has 0 aliphatic rings. The van der Waals surface area contributed by atoms with Crippen LogP contribution in [0.15, 0.2) is 24.3 Å². The first-order valence-electron chi connectivity index (χ1n) is 5.82. The average Bonchev–Trinajstić information content (AvgIpc) is 2.44. The normalized spacial score (nSPS) is 11.3. The molecular formula is C12H13N3O6. The number of non-ortho nitro benzene ring substituents is 1. The summed E-state index contributed by atoms with van der Waals surface area (Å²) in [6.07, 6.45) is -1.10. The van der Waals surface area contributed by atoms with Crippen LogP contribution in [0.2, 0.25) is 0 Å². The van der Waals surface area contributed by atoms with Gasteiger partial charge < -0.3 is 15.8 Å². The second kappa shape index (κ2) is 6.98. The van der Waals surface area contributed by atoms with Gasteiger partial charge in [-0.15, -0.1) is 0 Å². The van der Waals surface area contributed by atoms with Gasteiger partial charge in [-0.3, -0.25) is 24.5 Å². The van der Waals surface area contributed by atoms with Crippen LogP contribution < -0.4 is 11.1 Å². The molecular weight excluding hydrogens is 282 g/mol. The molecule has 0 fully saturated rings. The molecule has 0 aromatic heterocycles. The van der Waals surface area contributed by atoms with Crippen LogP contribution in [0.4, 0.5) is 5.69 Å². The lowest BCUT2D eigenvalue weighted by atomic mass is 10.2. The van der Waals surface area contributed by atoms with E-state index in [0.29, 0.717) is 0 Å². The average molecular weight is 295 g/mol. The Morgan fingerprint density at radius 1 is 1.43 bits per heavy atom. The molecule has 0 spiro atoms. The topological polar surface area (TPSA) is 142 Å². The van der Waals surface area contributed by atoms with Gasteiger partial charge in [0, 0.05) is 17.7 Å². The van der Waals surface area contributed by atoms with Crippen molar-refractivity contribution in [1.29, 1.82) is 0 Å². The molecule has 0 radical (unpaired) electrons. The molecule has 0 bridgehead atoms. The summed E-state index contributed by atoms with van der Waals surface area (Å²) in [6.45, 7) is 0.807. The van der Waals surface area contributed by atoms with Gasteiger partial charge in [-0.25, -0.2) is 0 Å². The first kappa shape index (κ1) is 16.1. The first-order valence-corrected chi connectivity index (χ1v) is 5.82. The highest BCUT2D eigenvalue weighted by molar-refractivity contribution is 5.96. The zero-order valence-electron chi connectivity index (χ0n) is 11.1. The number of nitrogens with one attached hydrogen (secondary N) is 1. The summed E-state index contributed by atoms with van der Waals surface area (Å²) in [5.41, 5.74) is 4.69. The quantitative estimate of drug-likeness (QED) is 0.420. The Morgan fingerprint density at radius 2 is 2.10 bits per heavy atom. The van der Waals surface area contributed by atoms with E-state index in [9.17, 15) is 24.5 Å². The number of amides is 2. The number of carbonyl (C=O) groups excluding carboxylic acids is 3. The number of nitrogens with zero attached hydrogens (tertiary/aromatic N) is 1. The van der Waals surface area contributed by atoms with Crippen molar-refractivity contribution in [3.8, 4) is 0 Å². The van der Waals surface area contributed by atoms with Crippen molar-refractivity contribution in [3.05, 3.63) is 39.9 Å². The van der Waals surface area contributed by atoms with Crippen LogP contribution in [0.3, 0.4) is 0 Å². The lowest BCUT2D eigenvalue weighted by molar-refractivity contribution is -0.384. The number of nitrogens with two attached hydrogens (primary N) is 1. The third kappa shape index (κ3) is 4.90. The number of primary amides is 1. The summed E-state index contributed by atoms with van der Waals surface area (Å²) < 4.78 is 4.62. The molecule has 9 heteroatoms. The maximum Gasteiger partial charge on any atom is 0.326 e. The highest BCUT2D eigenvalue weighted by Gasteiger charge is 2.16. The molecule has 0 aliphatic carbocycles. The van der Waals surface area contributed by atoms with Gasteiger partial charge in [-0.2, -0.15) is 0 Å². The first-order chi connectivity index (χ1) is 9.81. The van der Waals surface area contributed by atoms with Gasteiger partial charge in [-0.1, -0.05) is 6.07 Å². The lowest BCUT2D eigenvalue weighted by Crippen LogP contribution is -2.36. The molecule has 0 aliphatic heterocycles. The molecule has 1 aromatic rings. The van der Waals surface area contributed by atoms with E-state index in [1.54, 1.807) is 0 Å². The highest BCUT2D eigenvalue weighted by Crippen LogP contribution is 2.12. The Morgan fingerprint density at radius 3 is 2.67 bits per heavy atom. The highest BCUT2D eigenvalue weighted by atomic mass is 16.6. The van der Waals surface area contributed by atoms with E-state index in [0.717, 1.165) is 6.07 Å². The molecule has 1 atom stereocenters. The number of ether oxygens (including phenoxy) is 1. The predicted molar refractivity (Wildman–Crippen MR) is 70.2 cm³/mol. The van der Waals surface area contributed by atoms with E-state index in [2.05, 4.69) is 10.1 Å². The smallest absolute Gasteiger partial charge is 0.326 e. The Bertz CT molecular complexity index is 586. The van der Waals surface area contributed by atoms with Gasteiger partial charge in [0.25, 0.3) is 17.5 Å². The van der Waals surface area contributed by atoms with Crippen LogP contribution in [0.1, 0.15) is 17.3 Å². The fraction of sp³-hybridized carbons (Fsp3) is 0.250. The molecule has 21 heavy (non-hydrogen) atoms. The second-order valence-corrected chi connectivity index (χ2v) is 4.02. The minimum absolute atomic E-state index is 0.0277. The zero-order chi connectivity index (χ0) is 16.0.